The minimum absolute atomic E-state index is 0.171. The molecule has 0 spiro atoms. The van der Waals surface area contributed by atoms with E-state index in [9.17, 15) is 14.4 Å². The molecule has 1 aliphatic rings. The number of nitrogens with one attached hydrogen (secondary N) is 1. The van der Waals surface area contributed by atoms with Gasteiger partial charge in [-0.15, -0.1) is 0 Å². The molecule has 3 N–H and O–H groups in total. The number of amides is 2. The lowest BCUT2D eigenvalue weighted by atomic mass is 10.1. The van der Waals surface area contributed by atoms with Crippen LogP contribution in [0.5, 0.6) is 0 Å². The van der Waals surface area contributed by atoms with Crippen molar-refractivity contribution in [2.45, 2.75) is 19.3 Å². The number of hydrogen-bond donors (Lipinski definition) is 2. The molecule has 0 bridgehead atoms. The average Bonchev–Trinajstić information content (AvgIpc) is 2.83. The van der Waals surface area contributed by atoms with Gasteiger partial charge in [0.1, 0.15) is 5.82 Å². The molecule has 2 amide bonds. The van der Waals surface area contributed by atoms with Crippen molar-refractivity contribution < 1.29 is 14.4 Å². The van der Waals surface area contributed by atoms with Crippen molar-refractivity contribution in [3.63, 3.8) is 0 Å². The van der Waals surface area contributed by atoms with Crippen LogP contribution < -0.4 is 16.0 Å². The van der Waals surface area contributed by atoms with Gasteiger partial charge in [-0.3, -0.25) is 14.4 Å². The van der Waals surface area contributed by atoms with Crippen molar-refractivity contribution >= 4 is 46.1 Å². The van der Waals surface area contributed by atoms with E-state index < -0.39 is 11.8 Å². The molecule has 1 aromatic heterocycles. The summed E-state index contributed by atoms with van der Waals surface area (Å²) in [6, 6.07) is 16.3. The fourth-order valence-electron chi connectivity index (χ4n) is 3.78. The number of anilines is 2. The first-order valence-electron chi connectivity index (χ1n) is 10.6. The van der Waals surface area contributed by atoms with Gasteiger partial charge in [-0.25, -0.2) is 4.98 Å². The number of para-hydroxylation sites is 1. The molecular formula is C25H24N4O3. The van der Waals surface area contributed by atoms with E-state index in [0.717, 1.165) is 48.2 Å². The molecule has 0 atom stereocenters. The summed E-state index contributed by atoms with van der Waals surface area (Å²) in [7, 11) is 0. The van der Waals surface area contributed by atoms with E-state index in [0.29, 0.717) is 11.3 Å². The van der Waals surface area contributed by atoms with E-state index in [-0.39, 0.29) is 5.78 Å². The van der Waals surface area contributed by atoms with Crippen LogP contribution in [0.3, 0.4) is 0 Å². The Labute approximate surface area is 185 Å². The highest BCUT2D eigenvalue weighted by atomic mass is 16.2. The van der Waals surface area contributed by atoms with Crippen LogP contribution in [0.2, 0.25) is 0 Å². The number of piperidine rings is 1. The number of carbonyl (C=O) groups is 3. The average molecular weight is 428 g/mol. The van der Waals surface area contributed by atoms with Gasteiger partial charge < -0.3 is 16.0 Å². The third-order valence-electron chi connectivity index (χ3n) is 5.45. The number of pyridine rings is 1. The summed E-state index contributed by atoms with van der Waals surface area (Å²) in [6.07, 6.45) is 6.85. The van der Waals surface area contributed by atoms with E-state index in [1.165, 1.54) is 12.5 Å². The lowest BCUT2D eigenvalue weighted by Crippen LogP contribution is -2.30. The molecule has 32 heavy (non-hydrogen) atoms. The van der Waals surface area contributed by atoms with Crippen LogP contribution in [-0.2, 0) is 9.59 Å². The first kappa shape index (κ1) is 21.2. The van der Waals surface area contributed by atoms with E-state index in [4.69, 9.17) is 10.7 Å². The second kappa shape index (κ2) is 9.43. The van der Waals surface area contributed by atoms with Crippen LogP contribution in [0, 0.1) is 0 Å². The fraction of sp³-hybridized carbons (Fsp3) is 0.200. The first-order chi connectivity index (χ1) is 15.5. The number of nitrogens with two attached hydrogens (primary N) is 1. The second-order valence-electron chi connectivity index (χ2n) is 7.73. The molecule has 1 saturated heterocycles. The minimum atomic E-state index is -1.07. The van der Waals surface area contributed by atoms with Crippen molar-refractivity contribution in [3.8, 4) is 0 Å². The maximum atomic E-state index is 12.7. The Hall–Kier alpha value is -4.00. The van der Waals surface area contributed by atoms with E-state index in [1.54, 1.807) is 24.3 Å². The monoisotopic (exact) mass is 428 g/mol. The largest absolute Gasteiger partial charge is 0.361 e. The Morgan fingerprint density at radius 2 is 1.69 bits per heavy atom. The number of benzene rings is 2. The quantitative estimate of drug-likeness (QED) is 0.367. The Balaban J connectivity index is 1.57. The maximum absolute atomic E-state index is 12.7. The first-order valence-corrected chi connectivity index (χ1v) is 10.6. The molecule has 1 fully saturated rings. The van der Waals surface area contributed by atoms with Crippen LogP contribution >= 0.6 is 0 Å². The molecule has 7 nitrogen and oxygen atoms in total. The third kappa shape index (κ3) is 4.83. The fourth-order valence-corrected chi connectivity index (χ4v) is 3.78. The molecule has 1 aliphatic heterocycles. The van der Waals surface area contributed by atoms with E-state index in [2.05, 4.69) is 16.3 Å². The van der Waals surface area contributed by atoms with Gasteiger partial charge in [0.2, 0.25) is 0 Å². The molecule has 2 aromatic carbocycles. The van der Waals surface area contributed by atoms with Gasteiger partial charge in [-0.05, 0) is 67.8 Å². The van der Waals surface area contributed by atoms with Gasteiger partial charge in [0.25, 0.3) is 0 Å². The Morgan fingerprint density at radius 3 is 2.41 bits per heavy atom. The highest BCUT2D eigenvalue weighted by molar-refractivity contribution is 6.39. The molecule has 0 radical (unpaired) electrons. The number of rotatable bonds is 5. The van der Waals surface area contributed by atoms with Crippen molar-refractivity contribution in [3.05, 3.63) is 71.8 Å². The number of aromatic nitrogens is 1. The number of nitrogens with zero attached hydrogens (tertiary/aromatic N) is 2. The van der Waals surface area contributed by atoms with Crippen molar-refractivity contribution in [2.75, 3.05) is 23.3 Å². The number of allylic oxidation sites excluding steroid dienone is 1. The highest BCUT2D eigenvalue weighted by Gasteiger charge is 2.16. The number of primary amides is 1. The predicted octanol–water partition coefficient (Wildman–Crippen LogP) is 3.55. The third-order valence-corrected chi connectivity index (χ3v) is 5.45. The zero-order valence-corrected chi connectivity index (χ0v) is 17.6. The van der Waals surface area contributed by atoms with Crippen molar-refractivity contribution in [1.29, 1.82) is 0 Å². The van der Waals surface area contributed by atoms with Gasteiger partial charge in [-0.2, -0.15) is 0 Å². The Morgan fingerprint density at radius 1 is 0.969 bits per heavy atom. The van der Waals surface area contributed by atoms with Crippen LogP contribution in [-0.4, -0.2) is 35.7 Å². The highest BCUT2D eigenvalue weighted by Crippen LogP contribution is 2.27. The second-order valence-corrected chi connectivity index (χ2v) is 7.73. The van der Waals surface area contributed by atoms with Gasteiger partial charge in [0.15, 0.2) is 5.78 Å². The van der Waals surface area contributed by atoms with Gasteiger partial charge in [0.05, 0.1) is 5.52 Å². The summed E-state index contributed by atoms with van der Waals surface area (Å²) in [5.41, 5.74) is 7.63. The standard InChI is InChI=1S/C25H24N4O3/c26-23(31)25(32)27-20-11-8-17(9-12-20)22(30)13-10-19-16-18-6-2-3-7-21(18)28-24(19)29-14-4-1-5-15-29/h2-3,6-13,16H,1,4-5,14-15H2,(H2,26,31)(H,27,32)/b13-10+. The summed E-state index contributed by atoms with van der Waals surface area (Å²) in [6.45, 7) is 1.91. The Bertz CT molecular complexity index is 1200. The summed E-state index contributed by atoms with van der Waals surface area (Å²) in [4.78, 5) is 42.1. The summed E-state index contributed by atoms with van der Waals surface area (Å²) < 4.78 is 0. The maximum Gasteiger partial charge on any atom is 0.313 e. The number of fused-ring (bicyclic) bond motifs is 1. The molecule has 2 heterocycles. The normalized spacial score (nSPS) is 13.9. The molecule has 4 rings (SSSR count). The van der Waals surface area contributed by atoms with Crippen LogP contribution in [0.25, 0.3) is 17.0 Å². The summed E-state index contributed by atoms with van der Waals surface area (Å²) in [5, 5.41) is 3.39. The molecular weight excluding hydrogens is 404 g/mol. The minimum Gasteiger partial charge on any atom is -0.361 e. The van der Waals surface area contributed by atoms with Crippen LogP contribution in [0.15, 0.2) is 60.7 Å². The topological polar surface area (TPSA) is 105 Å². The number of ketones is 1. The zero-order chi connectivity index (χ0) is 22.5. The van der Waals surface area contributed by atoms with Crippen molar-refractivity contribution in [2.24, 2.45) is 5.73 Å². The lowest BCUT2D eigenvalue weighted by Gasteiger charge is -2.29. The lowest BCUT2D eigenvalue weighted by molar-refractivity contribution is -0.134. The molecule has 3 aromatic rings. The molecule has 162 valence electrons. The van der Waals surface area contributed by atoms with E-state index >= 15 is 0 Å². The molecule has 0 aliphatic carbocycles. The predicted molar refractivity (Wildman–Crippen MR) is 125 cm³/mol. The summed E-state index contributed by atoms with van der Waals surface area (Å²) >= 11 is 0. The number of carbonyl (C=O) groups excluding carboxylic acids is 3. The molecule has 0 saturated carbocycles. The molecule has 7 heteroatoms. The van der Waals surface area contributed by atoms with E-state index in [1.807, 2.05) is 30.3 Å². The smallest absolute Gasteiger partial charge is 0.313 e. The number of hydrogen-bond acceptors (Lipinski definition) is 5. The Kier molecular flexibility index (Phi) is 6.26. The van der Waals surface area contributed by atoms with Gasteiger partial charge in [0, 0.05) is 35.3 Å². The van der Waals surface area contributed by atoms with Gasteiger partial charge in [-0.1, -0.05) is 18.2 Å². The van der Waals surface area contributed by atoms with Crippen LogP contribution in [0.1, 0.15) is 35.2 Å². The van der Waals surface area contributed by atoms with Crippen LogP contribution in [0.4, 0.5) is 11.5 Å². The van der Waals surface area contributed by atoms with Gasteiger partial charge >= 0.3 is 11.8 Å². The zero-order valence-electron chi connectivity index (χ0n) is 17.6. The van der Waals surface area contributed by atoms with Crippen molar-refractivity contribution in [1.82, 2.24) is 4.98 Å². The molecule has 0 unspecified atom stereocenters. The SMILES string of the molecule is NC(=O)C(=O)Nc1ccc(C(=O)/C=C/c2cc3ccccc3nc2N2CCCCC2)cc1. The summed E-state index contributed by atoms with van der Waals surface area (Å²) in [5.74, 6) is -1.24.